The smallest absolute Gasteiger partial charge is 0.331 e. The van der Waals surface area contributed by atoms with Crippen LogP contribution in [0.5, 0.6) is 5.75 Å². The standard InChI is InChI=1S/C20H15BrClN3O4S/c1-28-18(26)9-17-19(27)24-20(30-17)25-23-10-13-8-14(21)4-7-16(13)29-11-12-2-5-15(22)6-3-12/h2-10H,11H2,1H3,(H,24,25,27)/b17-9+,23-10?. The maximum Gasteiger partial charge on any atom is 0.331 e. The molecule has 7 nitrogen and oxygen atoms in total. The van der Waals surface area contributed by atoms with Gasteiger partial charge in [0.25, 0.3) is 5.91 Å². The van der Waals surface area contributed by atoms with Crippen molar-refractivity contribution in [1.82, 2.24) is 5.32 Å². The fourth-order valence-corrected chi connectivity index (χ4v) is 3.52. The third kappa shape index (κ3) is 6.19. The number of nitrogens with one attached hydrogen (secondary N) is 1. The molecule has 154 valence electrons. The Morgan fingerprint density at radius 2 is 2.03 bits per heavy atom. The van der Waals surface area contributed by atoms with Crippen LogP contribution in [-0.2, 0) is 20.9 Å². The summed E-state index contributed by atoms with van der Waals surface area (Å²) in [5.74, 6) is -0.436. The van der Waals surface area contributed by atoms with Gasteiger partial charge < -0.3 is 9.47 Å². The van der Waals surface area contributed by atoms with Crippen LogP contribution in [0.15, 0.2) is 68.1 Å². The van der Waals surface area contributed by atoms with E-state index in [1.165, 1.54) is 13.3 Å². The lowest BCUT2D eigenvalue weighted by Crippen LogP contribution is -2.19. The summed E-state index contributed by atoms with van der Waals surface area (Å²) in [6.07, 6.45) is 2.62. The molecule has 1 fully saturated rings. The van der Waals surface area contributed by atoms with Gasteiger partial charge in [-0.15, -0.1) is 5.10 Å². The summed E-state index contributed by atoms with van der Waals surface area (Å²) in [7, 11) is 1.24. The van der Waals surface area contributed by atoms with Gasteiger partial charge >= 0.3 is 5.97 Å². The first-order chi connectivity index (χ1) is 14.4. The van der Waals surface area contributed by atoms with Crippen molar-refractivity contribution >= 4 is 62.6 Å². The molecule has 3 rings (SSSR count). The highest BCUT2D eigenvalue weighted by Gasteiger charge is 2.25. The van der Waals surface area contributed by atoms with E-state index in [1.54, 1.807) is 12.1 Å². The first kappa shape index (κ1) is 22.1. The lowest BCUT2D eigenvalue weighted by atomic mass is 10.2. The minimum Gasteiger partial charge on any atom is -0.488 e. The Kier molecular flexibility index (Phi) is 7.67. The second-order valence-electron chi connectivity index (χ2n) is 5.83. The van der Waals surface area contributed by atoms with E-state index in [0.29, 0.717) is 22.9 Å². The number of ether oxygens (including phenoxy) is 2. The normalized spacial score (nSPS) is 16.3. The molecule has 0 radical (unpaired) electrons. The molecule has 1 amide bonds. The molecule has 0 saturated carbocycles. The van der Waals surface area contributed by atoms with Crippen LogP contribution in [0.3, 0.4) is 0 Å². The van der Waals surface area contributed by atoms with Gasteiger partial charge in [-0.1, -0.05) is 39.7 Å². The van der Waals surface area contributed by atoms with Gasteiger partial charge in [-0.25, -0.2) is 4.79 Å². The highest BCUT2D eigenvalue weighted by molar-refractivity contribution is 9.10. The number of esters is 1. The number of carbonyl (C=O) groups is 2. The molecule has 1 saturated heterocycles. The van der Waals surface area contributed by atoms with Crippen LogP contribution in [0.1, 0.15) is 11.1 Å². The lowest BCUT2D eigenvalue weighted by molar-refractivity contribution is -0.135. The Morgan fingerprint density at radius 3 is 2.77 bits per heavy atom. The molecule has 0 atom stereocenters. The zero-order chi connectivity index (χ0) is 21.5. The number of amides is 1. The number of methoxy groups -OCH3 is 1. The molecule has 2 aromatic carbocycles. The molecule has 0 aliphatic carbocycles. The summed E-state index contributed by atoms with van der Waals surface area (Å²) in [6.45, 7) is 0.363. The maximum absolute atomic E-state index is 11.8. The molecule has 1 N–H and O–H groups in total. The van der Waals surface area contributed by atoms with Crippen LogP contribution in [0.25, 0.3) is 0 Å². The van der Waals surface area contributed by atoms with Crippen LogP contribution in [0.4, 0.5) is 0 Å². The van der Waals surface area contributed by atoms with Crippen molar-refractivity contribution < 1.29 is 19.1 Å². The average Bonchev–Trinajstić information content (AvgIpc) is 3.07. The molecule has 0 aromatic heterocycles. The maximum atomic E-state index is 11.8. The van der Waals surface area contributed by atoms with Crippen molar-refractivity contribution in [3.63, 3.8) is 0 Å². The van der Waals surface area contributed by atoms with Crippen LogP contribution >= 0.6 is 39.3 Å². The molecule has 0 spiro atoms. The second kappa shape index (κ2) is 10.4. The number of hydrogen-bond donors (Lipinski definition) is 1. The predicted octanol–water partition coefficient (Wildman–Crippen LogP) is 4.29. The Balaban J connectivity index is 1.70. The number of amidine groups is 1. The fraction of sp³-hybridized carbons (Fsp3) is 0.100. The summed E-state index contributed by atoms with van der Waals surface area (Å²) in [6, 6.07) is 12.9. The predicted molar refractivity (Wildman–Crippen MR) is 121 cm³/mol. The quantitative estimate of drug-likeness (QED) is 0.272. The number of thioether (sulfide) groups is 1. The zero-order valence-electron chi connectivity index (χ0n) is 15.6. The van der Waals surface area contributed by atoms with Gasteiger partial charge in [0.05, 0.1) is 18.2 Å². The summed E-state index contributed by atoms with van der Waals surface area (Å²) in [4.78, 5) is 23.3. The Bertz CT molecular complexity index is 1050. The summed E-state index contributed by atoms with van der Waals surface area (Å²) in [5, 5.41) is 11.5. The van der Waals surface area contributed by atoms with Crippen molar-refractivity contribution in [1.29, 1.82) is 0 Å². The molecule has 0 unspecified atom stereocenters. The van der Waals surface area contributed by atoms with Crippen molar-refractivity contribution in [2.75, 3.05) is 7.11 Å². The summed E-state index contributed by atoms with van der Waals surface area (Å²) in [5.41, 5.74) is 1.67. The average molecular weight is 509 g/mol. The monoisotopic (exact) mass is 507 g/mol. The Hall–Kier alpha value is -2.62. The van der Waals surface area contributed by atoms with E-state index in [4.69, 9.17) is 16.3 Å². The molecular weight excluding hydrogens is 494 g/mol. The lowest BCUT2D eigenvalue weighted by Gasteiger charge is -2.09. The molecule has 0 bridgehead atoms. The van der Waals surface area contributed by atoms with Crippen LogP contribution in [0.2, 0.25) is 5.02 Å². The van der Waals surface area contributed by atoms with Crippen molar-refractivity contribution in [3.8, 4) is 5.75 Å². The first-order valence-electron chi connectivity index (χ1n) is 8.51. The fourth-order valence-electron chi connectivity index (χ4n) is 2.28. The second-order valence-corrected chi connectivity index (χ2v) is 8.22. The van der Waals surface area contributed by atoms with Crippen molar-refractivity contribution in [3.05, 3.63) is 74.1 Å². The largest absolute Gasteiger partial charge is 0.488 e. The number of carbonyl (C=O) groups excluding carboxylic acids is 2. The molecule has 30 heavy (non-hydrogen) atoms. The SMILES string of the molecule is COC(=O)/C=C1/S/C(=N\N=Cc2cc(Br)ccc2OCc2ccc(Cl)cc2)NC1=O. The van der Waals surface area contributed by atoms with E-state index >= 15 is 0 Å². The van der Waals surface area contributed by atoms with E-state index in [1.807, 2.05) is 30.3 Å². The van der Waals surface area contributed by atoms with Crippen LogP contribution in [-0.4, -0.2) is 30.4 Å². The minimum atomic E-state index is -0.617. The van der Waals surface area contributed by atoms with E-state index in [9.17, 15) is 9.59 Å². The van der Waals surface area contributed by atoms with E-state index in [-0.39, 0.29) is 10.1 Å². The third-order valence-corrected chi connectivity index (χ3v) is 5.37. The van der Waals surface area contributed by atoms with Gasteiger partial charge in [0.15, 0.2) is 5.17 Å². The number of halogens is 2. The number of hydrogen-bond acceptors (Lipinski definition) is 7. The number of benzene rings is 2. The van der Waals surface area contributed by atoms with Gasteiger partial charge in [-0.2, -0.15) is 5.10 Å². The summed E-state index contributed by atoms with van der Waals surface area (Å²) < 4.78 is 11.3. The number of nitrogens with zero attached hydrogens (tertiary/aromatic N) is 2. The Morgan fingerprint density at radius 1 is 1.27 bits per heavy atom. The van der Waals surface area contributed by atoms with Gasteiger partial charge in [0.1, 0.15) is 12.4 Å². The molecule has 2 aromatic rings. The molecular formula is C20H15BrClN3O4S. The molecule has 10 heteroatoms. The van der Waals surface area contributed by atoms with Gasteiger partial charge in [-0.3, -0.25) is 10.1 Å². The Labute approximate surface area is 190 Å². The molecule has 1 heterocycles. The van der Waals surface area contributed by atoms with Crippen molar-refractivity contribution in [2.45, 2.75) is 6.61 Å². The van der Waals surface area contributed by atoms with E-state index < -0.39 is 11.9 Å². The summed E-state index contributed by atoms with van der Waals surface area (Å²) >= 11 is 10.3. The van der Waals surface area contributed by atoms with E-state index in [2.05, 4.69) is 36.2 Å². The van der Waals surface area contributed by atoms with Gasteiger partial charge in [0.2, 0.25) is 0 Å². The van der Waals surface area contributed by atoms with E-state index in [0.717, 1.165) is 27.9 Å². The van der Waals surface area contributed by atoms with Crippen molar-refractivity contribution in [2.24, 2.45) is 10.2 Å². The number of rotatable bonds is 6. The topological polar surface area (TPSA) is 89.3 Å². The first-order valence-corrected chi connectivity index (χ1v) is 10.5. The molecule has 1 aliphatic rings. The minimum absolute atomic E-state index is 0.185. The van der Waals surface area contributed by atoms with Gasteiger partial charge in [0, 0.05) is 21.1 Å². The van der Waals surface area contributed by atoms with Gasteiger partial charge in [-0.05, 0) is 47.7 Å². The molecule has 1 aliphatic heterocycles. The zero-order valence-corrected chi connectivity index (χ0v) is 18.8. The highest BCUT2D eigenvalue weighted by Crippen LogP contribution is 2.25. The third-order valence-electron chi connectivity index (χ3n) is 3.73. The highest BCUT2D eigenvalue weighted by atomic mass is 79.9. The van der Waals surface area contributed by atoms with Crippen LogP contribution < -0.4 is 10.1 Å². The van der Waals surface area contributed by atoms with Crippen LogP contribution in [0, 0.1) is 0 Å².